The summed E-state index contributed by atoms with van der Waals surface area (Å²) in [5.74, 6) is 0.540. The number of benzene rings is 2. The number of hydrogen-bond donors (Lipinski definition) is 3. The van der Waals surface area contributed by atoms with E-state index in [2.05, 4.69) is 20.3 Å². The number of anilines is 2. The maximum Gasteiger partial charge on any atom is 0.326 e. The molecule has 0 radical (unpaired) electrons. The van der Waals surface area contributed by atoms with Gasteiger partial charge in [-0.15, -0.1) is 0 Å². The number of aromatic nitrogens is 3. The summed E-state index contributed by atoms with van der Waals surface area (Å²) < 4.78 is 20.2. The second-order valence-electron chi connectivity index (χ2n) is 8.16. The van der Waals surface area contributed by atoms with Crippen LogP contribution in [0.15, 0.2) is 55.0 Å². The van der Waals surface area contributed by atoms with Crippen LogP contribution in [0.3, 0.4) is 0 Å². The zero-order valence-electron chi connectivity index (χ0n) is 18.6. The molecule has 0 atom stereocenters. The monoisotopic (exact) mass is 461 g/mol. The Bertz CT molecular complexity index is 1330. The van der Waals surface area contributed by atoms with Gasteiger partial charge in [-0.25, -0.2) is 19.2 Å². The maximum atomic E-state index is 15.1. The summed E-state index contributed by atoms with van der Waals surface area (Å²) in [4.78, 5) is 26.2. The lowest BCUT2D eigenvalue weighted by Gasteiger charge is -2.23. The Morgan fingerprint density at radius 3 is 2.71 bits per heavy atom. The maximum absolute atomic E-state index is 15.1. The van der Waals surface area contributed by atoms with Crippen LogP contribution in [0.25, 0.3) is 22.3 Å². The van der Waals surface area contributed by atoms with Gasteiger partial charge in [0.25, 0.3) is 0 Å². The highest BCUT2D eigenvalue weighted by Gasteiger charge is 2.28. The first kappa shape index (κ1) is 21.8. The van der Waals surface area contributed by atoms with Crippen LogP contribution in [-0.4, -0.2) is 46.4 Å². The number of aliphatic hydroxyl groups is 1. The molecule has 5 rings (SSSR count). The van der Waals surface area contributed by atoms with Crippen molar-refractivity contribution in [3.8, 4) is 17.0 Å². The molecule has 1 aliphatic rings. The Kier molecular flexibility index (Phi) is 5.85. The van der Waals surface area contributed by atoms with E-state index in [1.165, 1.54) is 23.4 Å². The number of nitrogens with zero attached hydrogens (tertiary/aromatic N) is 3. The molecule has 0 unspecified atom stereocenters. The second-order valence-corrected chi connectivity index (χ2v) is 8.16. The van der Waals surface area contributed by atoms with Crippen molar-refractivity contribution in [2.24, 2.45) is 0 Å². The molecule has 1 saturated carbocycles. The van der Waals surface area contributed by atoms with Gasteiger partial charge in [0, 0.05) is 22.8 Å². The Morgan fingerprint density at radius 1 is 1.24 bits per heavy atom. The number of methoxy groups -OCH3 is 1. The van der Waals surface area contributed by atoms with Crippen molar-refractivity contribution in [1.29, 1.82) is 0 Å². The van der Waals surface area contributed by atoms with Gasteiger partial charge in [0.1, 0.15) is 23.5 Å². The summed E-state index contributed by atoms with van der Waals surface area (Å²) >= 11 is 0. The van der Waals surface area contributed by atoms with Crippen LogP contribution in [0.1, 0.15) is 24.3 Å². The van der Waals surface area contributed by atoms with Crippen LogP contribution in [0.4, 0.5) is 20.6 Å². The average molecular weight is 461 g/mol. The van der Waals surface area contributed by atoms with Crippen LogP contribution in [0.2, 0.25) is 0 Å². The van der Waals surface area contributed by atoms with Crippen molar-refractivity contribution >= 4 is 28.4 Å². The smallest absolute Gasteiger partial charge is 0.326 e. The summed E-state index contributed by atoms with van der Waals surface area (Å²) in [6.07, 6.45) is 5.67. The fraction of sp³-hybridized carbons (Fsp3) is 0.240. The summed E-state index contributed by atoms with van der Waals surface area (Å²) in [6, 6.07) is 10.9. The third kappa shape index (κ3) is 4.17. The molecule has 2 aromatic carbocycles. The zero-order chi connectivity index (χ0) is 23.7. The fourth-order valence-electron chi connectivity index (χ4n) is 4.08. The van der Waals surface area contributed by atoms with E-state index in [1.54, 1.807) is 37.4 Å². The minimum absolute atomic E-state index is 0.0342. The number of carbonyl (C=O) groups excluding carboxylic acids is 1. The molecule has 1 aliphatic carbocycles. The van der Waals surface area contributed by atoms with Gasteiger partial charge in [-0.05, 0) is 60.7 Å². The number of fused-ring (bicyclic) bond motifs is 1. The Morgan fingerprint density at radius 2 is 2.03 bits per heavy atom. The molecular formula is C25H24FN5O3. The van der Waals surface area contributed by atoms with Crippen molar-refractivity contribution in [2.75, 3.05) is 30.5 Å². The van der Waals surface area contributed by atoms with Crippen LogP contribution in [-0.2, 0) is 0 Å². The SMILES string of the molecule is COc1ccc(N(CCO)C(=O)Nc2ccc(-c3ncnc4[nH]cc(C5CC5)c34)cc2F)cc1. The van der Waals surface area contributed by atoms with E-state index in [-0.39, 0.29) is 18.8 Å². The van der Waals surface area contributed by atoms with E-state index in [1.807, 2.05) is 6.20 Å². The summed E-state index contributed by atoms with van der Waals surface area (Å²) in [5, 5.41) is 12.9. The van der Waals surface area contributed by atoms with Gasteiger partial charge < -0.3 is 20.1 Å². The summed E-state index contributed by atoms with van der Waals surface area (Å²) in [7, 11) is 1.55. The minimum Gasteiger partial charge on any atom is -0.497 e. The minimum atomic E-state index is -0.584. The molecule has 8 nitrogen and oxygen atoms in total. The van der Waals surface area contributed by atoms with Gasteiger partial charge in [0.15, 0.2) is 0 Å². The Balaban J connectivity index is 1.41. The van der Waals surface area contributed by atoms with E-state index in [4.69, 9.17) is 4.74 Å². The van der Waals surface area contributed by atoms with Crippen molar-refractivity contribution < 1.29 is 19.0 Å². The number of urea groups is 1. The summed E-state index contributed by atoms with van der Waals surface area (Å²) in [6.45, 7) is -0.196. The quantitative estimate of drug-likeness (QED) is 0.371. The topological polar surface area (TPSA) is 103 Å². The van der Waals surface area contributed by atoms with Crippen molar-refractivity contribution in [1.82, 2.24) is 15.0 Å². The van der Waals surface area contributed by atoms with Crippen LogP contribution < -0.4 is 15.0 Å². The number of aromatic amines is 1. The largest absolute Gasteiger partial charge is 0.497 e. The lowest BCUT2D eigenvalue weighted by atomic mass is 10.0. The van der Waals surface area contributed by atoms with Crippen LogP contribution in [0.5, 0.6) is 5.75 Å². The van der Waals surface area contributed by atoms with Gasteiger partial charge >= 0.3 is 6.03 Å². The number of nitrogens with one attached hydrogen (secondary N) is 2. The molecule has 9 heteroatoms. The van der Waals surface area contributed by atoms with E-state index < -0.39 is 11.8 Å². The molecule has 3 N–H and O–H groups in total. The van der Waals surface area contributed by atoms with Crippen LogP contribution in [0, 0.1) is 5.82 Å². The van der Waals surface area contributed by atoms with Crippen molar-refractivity contribution in [3.05, 3.63) is 66.4 Å². The number of hydrogen-bond acceptors (Lipinski definition) is 5. The third-order valence-electron chi connectivity index (χ3n) is 5.95. The third-order valence-corrected chi connectivity index (χ3v) is 5.95. The number of rotatable bonds is 7. The van der Waals surface area contributed by atoms with Crippen molar-refractivity contribution in [2.45, 2.75) is 18.8 Å². The molecule has 34 heavy (non-hydrogen) atoms. The first-order valence-corrected chi connectivity index (χ1v) is 11.0. The highest BCUT2D eigenvalue weighted by atomic mass is 19.1. The predicted molar refractivity (Wildman–Crippen MR) is 128 cm³/mol. The molecule has 4 aromatic rings. The Hall–Kier alpha value is -3.98. The fourth-order valence-corrected chi connectivity index (χ4v) is 4.08. The molecule has 2 aromatic heterocycles. The van der Waals surface area contributed by atoms with Gasteiger partial charge in [-0.1, -0.05) is 6.07 Å². The van der Waals surface area contributed by atoms with E-state index >= 15 is 4.39 Å². The molecule has 2 heterocycles. The number of carbonyl (C=O) groups is 1. The van der Waals surface area contributed by atoms with Crippen molar-refractivity contribution in [3.63, 3.8) is 0 Å². The van der Waals surface area contributed by atoms with E-state index in [9.17, 15) is 9.90 Å². The predicted octanol–water partition coefficient (Wildman–Crippen LogP) is 4.68. The molecule has 2 amide bonds. The molecule has 174 valence electrons. The molecular weight excluding hydrogens is 437 g/mol. The highest BCUT2D eigenvalue weighted by Crippen LogP contribution is 2.45. The normalized spacial score (nSPS) is 13.1. The molecule has 0 saturated heterocycles. The number of aliphatic hydroxyl groups excluding tert-OH is 1. The molecule has 0 bridgehead atoms. The first-order chi connectivity index (χ1) is 16.6. The van der Waals surface area contributed by atoms with Gasteiger partial charge in [0.2, 0.25) is 0 Å². The number of amides is 2. The number of halogens is 1. The van der Waals surface area contributed by atoms with Gasteiger partial charge in [-0.3, -0.25) is 4.90 Å². The lowest BCUT2D eigenvalue weighted by molar-refractivity contribution is 0.252. The number of ether oxygens (including phenoxy) is 1. The Labute approximate surface area is 195 Å². The first-order valence-electron chi connectivity index (χ1n) is 11.0. The standard InChI is InChI=1S/C25H24FN5O3/c1-34-18-7-5-17(6-8-18)31(10-11-32)25(33)30-21-9-4-16(12-20(21)26)23-22-19(15-2-3-15)13-27-24(22)29-14-28-23/h4-9,12-15,32H,2-3,10-11H2,1H3,(H,30,33)(H,27,28,29). The zero-order valence-corrected chi connectivity index (χ0v) is 18.6. The van der Waals surface area contributed by atoms with E-state index in [0.717, 1.165) is 29.4 Å². The molecule has 0 spiro atoms. The van der Waals surface area contributed by atoms with Gasteiger partial charge in [0.05, 0.1) is 31.6 Å². The van der Waals surface area contributed by atoms with Crippen LogP contribution >= 0.6 is 0 Å². The molecule has 1 fully saturated rings. The second kappa shape index (κ2) is 9.11. The number of H-pyrrole nitrogens is 1. The van der Waals surface area contributed by atoms with E-state index in [0.29, 0.717) is 28.6 Å². The average Bonchev–Trinajstić information content (AvgIpc) is 3.61. The summed E-state index contributed by atoms with van der Waals surface area (Å²) in [5.41, 5.74) is 3.72. The molecule has 0 aliphatic heterocycles. The van der Waals surface area contributed by atoms with Gasteiger partial charge in [-0.2, -0.15) is 0 Å². The lowest BCUT2D eigenvalue weighted by Crippen LogP contribution is -2.37. The highest BCUT2D eigenvalue weighted by molar-refractivity contribution is 6.02.